The summed E-state index contributed by atoms with van der Waals surface area (Å²) in [4.78, 5) is 41.4. The van der Waals surface area contributed by atoms with Crippen molar-refractivity contribution in [3.63, 3.8) is 0 Å². The third kappa shape index (κ3) is 4.31. The lowest BCUT2D eigenvalue weighted by Gasteiger charge is -2.33. The van der Waals surface area contributed by atoms with Crippen molar-refractivity contribution in [3.8, 4) is 0 Å². The number of piperazine rings is 1. The number of hydrogen-bond donors (Lipinski definition) is 2. The van der Waals surface area contributed by atoms with Crippen molar-refractivity contribution in [2.75, 3.05) is 51.8 Å². The van der Waals surface area contributed by atoms with Crippen LogP contribution in [0.3, 0.4) is 0 Å². The number of quaternary nitrogens is 1. The van der Waals surface area contributed by atoms with Gasteiger partial charge in [-0.25, -0.2) is 4.79 Å². The molecule has 4 rings (SSSR count). The van der Waals surface area contributed by atoms with Crippen LogP contribution in [0.25, 0.3) is 0 Å². The zero-order valence-electron chi connectivity index (χ0n) is 16.8. The summed E-state index contributed by atoms with van der Waals surface area (Å²) in [5.41, 5.74) is 1.56. The first-order chi connectivity index (χ1) is 14.1. The van der Waals surface area contributed by atoms with Crippen LogP contribution in [0.15, 0.2) is 0 Å². The summed E-state index contributed by atoms with van der Waals surface area (Å²) >= 11 is 1.49. The minimum atomic E-state index is -0.381. The first-order valence-corrected chi connectivity index (χ1v) is 11.1. The van der Waals surface area contributed by atoms with Gasteiger partial charge < -0.3 is 24.6 Å². The highest BCUT2D eigenvalue weighted by molar-refractivity contribution is 7.17. The van der Waals surface area contributed by atoms with Gasteiger partial charge in [0.05, 0.1) is 38.9 Å². The molecule has 0 aromatic carbocycles. The quantitative estimate of drug-likeness (QED) is 0.646. The molecule has 0 saturated carbocycles. The van der Waals surface area contributed by atoms with Crippen molar-refractivity contribution < 1.29 is 28.8 Å². The molecule has 1 aromatic rings. The molecule has 0 bridgehead atoms. The van der Waals surface area contributed by atoms with Crippen molar-refractivity contribution in [1.82, 2.24) is 4.90 Å². The van der Waals surface area contributed by atoms with E-state index in [0.717, 1.165) is 55.7 Å². The van der Waals surface area contributed by atoms with Crippen LogP contribution >= 0.6 is 11.3 Å². The number of aryl methyl sites for hydroxylation is 1. The highest BCUT2D eigenvalue weighted by Gasteiger charge is 2.33. The van der Waals surface area contributed by atoms with Gasteiger partial charge in [-0.1, -0.05) is 0 Å². The molecule has 8 nitrogen and oxygen atoms in total. The Morgan fingerprint density at radius 1 is 1.24 bits per heavy atom. The Morgan fingerprint density at radius 3 is 2.72 bits per heavy atom. The number of ether oxygens (including phenoxy) is 2. The number of anilines is 1. The lowest BCUT2D eigenvalue weighted by Crippen LogP contribution is -3.15. The topological polar surface area (TPSA) is 89.4 Å². The monoisotopic (exact) mass is 422 g/mol. The number of hydrogen-bond acceptors (Lipinski definition) is 6. The number of nitrogens with zero attached hydrogens (tertiary/aromatic N) is 1. The molecule has 158 valence electrons. The van der Waals surface area contributed by atoms with Gasteiger partial charge in [-0.3, -0.25) is 9.59 Å². The molecule has 1 atom stereocenters. The first-order valence-electron chi connectivity index (χ1n) is 10.3. The standard InChI is InChI=1S/C20H27N3O5S/c1-27-20(26)17-13-4-2-6-15(13)29-18(17)21-16(24)12-22-7-9-23(10-8-22)19(25)14-5-3-11-28-14/h14H,2-12H2,1H3,(H,21,24)/p+1/t14-/m0/s1. The van der Waals surface area contributed by atoms with Gasteiger partial charge in [0.15, 0.2) is 6.54 Å². The van der Waals surface area contributed by atoms with Crippen molar-refractivity contribution >= 4 is 34.1 Å². The molecule has 29 heavy (non-hydrogen) atoms. The number of methoxy groups -OCH3 is 1. The predicted octanol–water partition coefficient (Wildman–Crippen LogP) is -0.132. The fraction of sp³-hybridized carbons (Fsp3) is 0.650. The number of thiophene rings is 1. The van der Waals surface area contributed by atoms with E-state index in [1.165, 1.54) is 23.3 Å². The van der Waals surface area contributed by atoms with E-state index in [1.807, 2.05) is 4.90 Å². The molecule has 0 radical (unpaired) electrons. The van der Waals surface area contributed by atoms with E-state index in [0.29, 0.717) is 36.8 Å². The first kappa shape index (κ1) is 20.3. The van der Waals surface area contributed by atoms with Crippen molar-refractivity contribution in [2.45, 2.75) is 38.2 Å². The second-order valence-corrected chi connectivity index (χ2v) is 8.96. The van der Waals surface area contributed by atoms with Crippen LogP contribution in [0.4, 0.5) is 5.00 Å². The van der Waals surface area contributed by atoms with Crippen LogP contribution in [-0.2, 0) is 31.9 Å². The highest BCUT2D eigenvalue weighted by Crippen LogP contribution is 2.39. The Balaban J connectivity index is 1.31. The summed E-state index contributed by atoms with van der Waals surface area (Å²) in [5, 5.41) is 3.55. The largest absolute Gasteiger partial charge is 0.465 e. The van der Waals surface area contributed by atoms with Crippen molar-refractivity contribution in [2.24, 2.45) is 0 Å². The summed E-state index contributed by atoms with van der Waals surface area (Å²) in [7, 11) is 1.37. The second-order valence-electron chi connectivity index (χ2n) is 7.85. The fourth-order valence-corrected chi connectivity index (χ4v) is 5.70. The molecule has 3 heterocycles. The lowest BCUT2D eigenvalue weighted by atomic mass is 10.1. The third-order valence-electron chi connectivity index (χ3n) is 5.96. The molecule has 3 aliphatic rings. The Labute approximate surface area is 174 Å². The van der Waals surface area contributed by atoms with Crippen LogP contribution in [0.5, 0.6) is 0 Å². The Hall–Kier alpha value is -1.97. The molecule has 2 fully saturated rings. The van der Waals surface area contributed by atoms with Gasteiger partial charge in [-0.05, 0) is 37.7 Å². The molecule has 1 aromatic heterocycles. The maximum Gasteiger partial charge on any atom is 0.341 e. The van der Waals surface area contributed by atoms with E-state index in [1.54, 1.807) is 0 Å². The molecule has 2 N–H and O–H groups in total. The minimum Gasteiger partial charge on any atom is -0.465 e. The zero-order chi connectivity index (χ0) is 20.4. The van der Waals surface area contributed by atoms with E-state index in [9.17, 15) is 14.4 Å². The zero-order valence-corrected chi connectivity index (χ0v) is 17.6. The summed E-state index contributed by atoms with van der Waals surface area (Å²) < 4.78 is 10.4. The summed E-state index contributed by atoms with van der Waals surface area (Å²) in [5.74, 6) is -0.404. The Bertz CT molecular complexity index is 794. The average Bonchev–Trinajstić information content (AvgIpc) is 3.45. The minimum absolute atomic E-state index is 0.0850. The molecule has 1 aliphatic carbocycles. The molecule has 0 spiro atoms. The Morgan fingerprint density at radius 2 is 2.03 bits per heavy atom. The molecule has 9 heteroatoms. The number of carbonyl (C=O) groups excluding carboxylic acids is 3. The predicted molar refractivity (Wildman–Crippen MR) is 107 cm³/mol. The summed E-state index contributed by atoms with van der Waals surface area (Å²) in [6, 6.07) is 0. The maximum absolute atomic E-state index is 12.6. The van der Waals surface area contributed by atoms with E-state index in [-0.39, 0.29) is 23.9 Å². The fourth-order valence-electron chi connectivity index (χ4n) is 4.40. The third-order valence-corrected chi connectivity index (χ3v) is 7.17. The second kappa shape index (κ2) is 8.81. The van der Waals surface area contributed by atoms with E-state index in [4.69, 9.17) is 9.47 Å². The molecule has 0 unspecified atom stereocenters. The SMILES string of the molecule is COC(=O)c1c(NC(=O)C[NH+]2CCN(C(=O)[C@@H]3CCCO3)CC2)sc2c1CCC2. The van der Waals surface area contributed by atoms with E-state index >= 15 is 0 Å². The van der Waals surface area contributed by atoms with Crippen molar-refractivity contribution in [1.29, 1.82) is 0 Å². The van der Waals surface area contributed by atoms with E-state index < -0.39 is 0 Å². The van der Waals surface area contributed by atoms with Gasteiger partial charge in [-0.15, -0.1) is 11.3 Å². The van der Waals surface area contributed by atoms with Crippen LogP contribution in [0, 0.1) is 0 Å². The molecular formula is C20H28N3O5S+. The number of rotatable bonds is 5. The van der Waals surface area contributed by atoms with Crippen molar-refractivity contribution in [3.05, 3.63) is 16.0 Å². The lowest BCUT2D eigenvalue weighted by molar-refractivity contribution is -0.895. The number of fused-ring (bicyclic) bond motifs is 1. The molecular weight excluding hydrogens is 394 g/mol. The van der Waals surface area contributed by atoms with Crippen LogP contribution in [0.1, 0.15) is 40.1 Å². The number of amides is 2. The highest BCUT2D eigenvalue weighted by atomic mass is 32.1. The molecule has 2 amide bonds. The Kier molecular flexibility index (Phi) is 6.17. The summed E-state index contributed by atoms with van der Waals surface area (Å²) in [6.07, 6.45) is 4.32. The normalized spacial score (nSPS) is 21.8. The number of esters is 1. The van der Waals surface area contributed by atoms with Gasteiger partial charge >= 0.3 is 5.97 Å². The average molecular weight is 423 g/mol. The van der Waals surface area contributed by atoms with E-state index in [2.05, 4.69) is 5.32 Å². The van der Waals surface area contributed by atoms with Crippen LogP contribution < -0.4 is 10.2 Å². The summed E-state index contributed by atoms with van der Waals surface area (Å²) in [6.45, 7) is 3.74. The molecule has 2 saturated heterocycles. The maximum atomic E-state index is 12.6. The van der Waals surface area contributed by atoms with Gasteiger partial charge in [0.1, 0.15) is 11.1 Å². The molecule has 2 aliphatic heterocycles. The van der Waals surface area contributed by atoms with Gasteiger partial charge in [-0.2, -0.15) is 0 Å². The van der Waals surface area contributed by atoms with Gasteiger partial charge in [0.2, 0.25) is 0 Å². The smallest absolute Gasteiger partial charge is 0.341 e. The van der Waals surface area contributed by atoms with Crippen LogP contribution in [0.2, 0.25) is 0 Å². The number of carbonyl (C=O) groups is 3. The number of nitrogens with one attached hydrogen (secondary N) is 2. The van der Waals surface area contributed by atoms with Gasteiger partial charge in [0, 0.05) is 11.5 Å². The van der Waals surface area contributed by atoms with Gasteiger partial charge in [0.25, 0.3) is 11.8 Å². The van der Waals surface area contributed by atoms with Crippen LogP contribution in [-0.4, -0.2) is 75.2 Å².